The van der Waals surface area contributed by atoms with E-state index < -0.39 is 0 Å². The van der Waals surface area contributed by atoms with Gasteiger partial charge in [0.25, 0.3) is 0 Å². The summed E-state index contributed by atoms with van der Waals surface area (Å²) in [6.45, 7) is 0. The van der Waals surface area contributed by atoms with Gasteiger partial charge in [0.2, 0.25) is 0 Å². The molecular formula is C13H16BrFN2. The molecule has 0 bridgehead atoms. The number of rotatable bonds is 3. The molecule has 0 heterocycles. The smallest absolute Gasteiger partial charge is 0.124 e. The minimum absolute atomic E-state index is 0.0812. The first-order valence-electron chi connectivity index (χ1n) is 5.82. The molecule has 0 spiro atoms. The Hall–Kier alpha value is -0.710. The fourth-order valence-electron chi connectivity index (χ4n) is 2.28. The van der Waals surface area contributed by atoms with Gasteiger partial charge in [-0.05, 0) is 49.4 Å². The lowest BCUT2D eigenvalue weighted by Crippen LogP contribution is -2.30. The third-order valence-electron chi connectivity index (χ3n) is 3.08. The Morgan fingerprint density at radius 2 is 2.12 bits per heavy atom. The molecule has 1 atom stereocenters. The highest BCUT2D eigenvalue weighted by atomic mass is 79.9. The second-order valence-electron chi connectivity index (χ2n) is 4.33. The predicted octanol–water partition coefficient (Wildman–Crippen LogP) is 3.59. The van der Waals surface area contributed by atoms with Crippen LogP contribution in [0.1, 0.15) is 37.3 Å². The number of nitrogens with one attached hydrogen (secondary N) is 1. The minimum atomic E-state index is -0.244. The van der Waals surface area contributed by atoms with Gasteiger partial charge in [0.1, 0.15) is 5.82 Å². The Bertz CT molecular complexity index is 411. The molecule has 1 aromatic carbocycles. The first-order valence-corrected chi connectivity index (χ1v) is 6.61. The Balaban J connectivity index is 2.31. The van der Waals surface area contributed by atoms with Gasteiger partial charge in [0.05, 0.1) is 6.04 Å². The summed E-state index contributed by atoms with van der Waals surface area (Å²) in [5.41, 5.74) is 4.92. The largest absolute Gasteiger partial charge is 0.271 e. The van der Waals surface area contributed by atoms with Gasteiger partial charge in [-0.1, -0.05) is 27.6 Å². The van der Waals surface area contributed by atoms with E-state index in [1.807, 2.05) is 6.07 Å². The summed E-state index contributed by atoms with van der Waals surface area (Å²) in [6.07, 6.45) is 6.74. The Morgan fingerprint density at radius 3 is 2.71 bits per heavy atom. The summed E-state index contributed by atoms with van der Waals surface area (Å²) in [6, 6.07) is 4.81. The SMILES string of the molecule is NNC(C1=CCCCC1)c1cc(F)cc(Br)c1. The number of allylic oxidation sites excluding steroid dienone is 1. The van der Waals surface area contributed by atoms with Crippen molar-refractivity contribution in [2.24, 2.45) is 5.84 Å². The highest BCUT2D eigenvalue weighted by Crippen LogP contribution is 2.30. The number of hydrogen-bond donors (Lipinski definition) is 2. The summed E-state index contributed by atoms with van der Waals surface area (Å²) >= 11 is 3.31. The van der Waals surface area contributed by atoms with E-state index in [-0.39, 0.29) is 11.9 Å². The van der Waals surface area contributed by atoms with Gasteiger partial charge in [-0.3, -0.25) is 5.84 Å². The van der Waals surface area contributed by atoms with E-state index in [2.05, 4.69) is 27.4 Å². The second kappa shape index (κ2) is 5.76. The maximum atomic E-state index is 13.4. The van der Waals surface area contributed by atoms with Crippen LogP contribution in [0.5, 0.6) is 0 Å². The van der Waals surface area contributed by atoms with Crippen LogP contribution in [0.3, 0.4) is 0 Å². The highest BCUT2D eigenvalue weighted by molar-refractivity contribution is 9.10. The standard InChI is InChI=1S/C13H16BrFN2/c14-11-6-10(7-12(15)8-11)13(17-16)9-4-2-1-3-5-9/h4,6-8,13,17H,1-3,5,16H2. The normalized spacial score (nSPS) is 17.7. The number of hydrazine groups is 1. The van der Waals surface area contributed by atoms with E-state index in [0.717, 1.165) is 22.9 Å². The molecule has 1 aliphatic rings. The number of benzene rings is 1. The van der Waals surface area contributed by atoms with Crippen molar-refractivity contribution in [1.82, 2.24) is 5.43 Å². The third-order valence-corrected chi connectivity index (χ3v) is 3.54. The van der Waals surface area contributed by atoms with Gasteiger partial charge < -0.3 is 0 Å². The van der Waals surface area contributed by atoms with E-state index in [1.165, 1.54) is 30.5 Å². The van der Waals surface area contributed by atoms with Crippen LogP contribution in [0, 0.1) is 5.82 Å². The molecule has 3 N–H and O–H groups in total. The average Bonchev–Trinajstić information content (AvgIpc) is 2.30. The van der Waals surface area contributed by atoms with Gasteiger partial charge in [-0.25, -0.2) is 9.82 Å². The molecule has 1 aromatic rings. The summed E-state index contributed by atoms with van der Waals surface area (Å²) in [7, 11) is 0. The molecule has 0 amide bonds. The molecule has 0 radical (unpaired) electrons. The van der Waals surface area contributed by atoms with E-state index in [0.29, 0.717) is 0 Å². The molecule has 0 saturated heterocycles. The zero-order chi connectivity index (χ0) is 12.3. The average molecular weight is 299 g/mol. The zero-order valence-electron chi connectivity index (χ0n) is 9.55. The minimum Gasteiger partial charge on any atom is -0.271 e. The highest BCUT2D eigenvalue weighted by Gasteiger charge is 2.17. The molecule has 4 heteroatoms. The Morgan fingerprint density at radius 1 is 1.29 bits per heavy atom. The lowest BCUT2D eigenvalue weighted by molar-refractivity contribution is 0.558. The van der Waals surface area contributed by atoms with Crippen LogP contribution in [-0.4, -0.2) is 0 Å². The molecule has 1 aliphatic carbocycles. The van der Waals surface area contributed by atoms with Crippen LogP contribution < -0.4 is 11.3 Å². The third kappa shape index (κ3) is 3.15. The molecule has 2 nitrogen and oxygen atoms in total. The van der Waals surface area contributed by atoms with Crippen molar-refractivity contribution in [3.63, 3.8) is 0 Å². The Kier molecular flexibility index (Phi) is 4.31. The maximum Gasteiger partial charge on any atom is 0.124 e. The fraction of sp³-hybridized carbons (Fsp3) is 0.385. The number of hydrogen-bond acceptors (Lipinski definition) is 2. The summed E-state index contributed by atoms with van der Waals surface area (Å²) in [5.74, 6) is 5.36. The van der Waals surface area contributed by atoms with Crippen LogP contribution in [-0.2, 0) is 0 Å². The number of halogens is 2. The second-order valence-corrected chi connectivity index (χ2v) is 5.24. The van der Waals surface area contributed by atoms with Gasteiger partial charge >= 0.3 is 0 Å². The lowest BCUT2D eigenvalue weighted by atomic mass is 9.90. The van der Waals surface area contributed by atoms with Crippen LogP contribution in [0.25, 0.3) is 0 Å². The molecule has 17 heavy (non-hydrogen) atoms. The predicted molar refractivity (Wildman–Crippen MR) is 70.7 cm³/mol. The van der Waals surface area contributed by atoms with E-state index in [9.17, 15) is 4.39 Å². The van der Waals surface area contributed by atoms with Crippen molar-refractivity contribution >= 4 is 15.9 Å². The van der Waals surface area contributed by atoms with E-state index in [4.69, 9.17) is 5.84 Å². The van der Waals surface area contributed by atoms with Crippen molar-refractivity contribution in [2.45, 2.75) is 31.7 Å². The van der Waals surface area contributed by atoms with Crippen LogP contribution in [0.4, 0.5) is 4.39 Å². The van der Waals surface area contributed by atoms with E-state index >= 15 is 0 Å². The molecule has 2 rings (SSSR count). The lowest BCUT2D eigenvalue weighted by Gasteiger charge is -2.23. The van der Waals surface area contributed by atoms with E-state index in [1.54, 1.807) is 0 Å². The maximum absolute atomic E-state index is 13.4. The molecule has 0 saturated carbocycles. The van der Waals surface area contributed by atoms with Gasteiger partial charge in [-0.2, -0.15) is 0 Å². The van der Waals surface area contributed by atoms with Gasteiger partial charge in [0, 0.05) is 4.47 Å². The molecule has 1 unspecified atom stereocenters. The van der Waals surface area contributed by atoms with Crippen LogP contribution in [0.2, 0.25) is 0 Å². The molecule has 0 fully saturated rings. The number of nitrogens with two attached hydrogens (primary N) is 1. The van der Waals surface area contributed by atoms with Crippen LogP contribution >= 0.6 is 15.9 Å². The topological polar surface area (TPSA) is 38.0 Å². The Labute approximate surface area is 109 Å². The molecule has 0 aliphatic heterocycles. The van der Waals surface area contributed by atoms with Crippen molar-refractivity contribution in [2.75, 3.05) is 0 Å². The molecule has 0 aromatic heterocycles. The molecular weight excluding hydrogens is 283 g/mol. The van der Waals surface area contributed by atoms with Crippen LogP contribution in [0.15, 0.2) is 34.3 Å². The summed E-state index contributed by atoms with van der Waals surface area (Å²) in [5, 5.41) is 0. The van der Waals surface area contributed by atoms with Crippen molar-refractivity contribution in [1.29, 1.82) is 0 Å². The quantitative estimate of drug-likeness (QED) is 0.508. The van der Waals surface area contributed by atoms with Crippen molar-refractivity contribution < 1.29 is 4.39 Å². The van der Waals surface area contributed by atoms with Crippen molar-refractivity contribution in [3.8, 4) is 0 Å². The molecule has 92 valence electrons. The zero-order valence-corrected chi connectivity index (χ0v) is 11.1. The summed E-state index contributed by atoms with van der Waals surface area (Å²) < 4.78 is 14.1. The van der Waals surface area contributed by atoms with Crippen molar-refractivity contribution in [3.05, 3.63) is 45.7 Å². The first-order chi connectivity index (χ1) is 8.20. The fourth-order valence-corrected chi connectivity index (χ4v) is 2.77. The monoisotopic (exact) mass is 298 g/mol. The van der Waals surface area contributed by atoms with Gasteiger partial charge in [0.15, 0.2) is 0 Å². The van der Waals surface area contributed by atoms with Gasteiger partial charge in [-0.15, -0.1) is 0 Å². The summed E-state index contributed by atoms with van der Waals surface area (Å²) in [4.78, 5) is 0. The first kappa shape index (κ1) is 12.7.